The second kappa shape index (κ2) is 7.85. The van der Waals surface area contributed by atoms with Gasteiger partial charge in [0.1, 0.15) is 0 Å². The van der Waals surface area contributed by atoms with E-state index in [1.54, 1.807) is 0 Å². The average molecular weight is 367 g/mol. The van der Waals surface area contributed by atoms with Crippen molar-refractivity contribution in [3.05, 3.63) is 52.8 Å². The number of nitrogens with one attached hydrogen (secondary N) is 1. The molecule has 2 aromatic rings. The van der Waals surface area contributed by atoms with E-state index in [-0.39, 0.29) is 5.91 Å². The maximum absolute atomic E-state index is 12.9. The Morgan fingerprint density at radius 3 is 2.70 bits per heavy atom. The second-order valence-electron chi connectivity index (χ2n) is 8.23. The highest BCUT2D eigenvalue weighted by Gasteiger charge is 2.36. The van der Waals surface area contributed by atoms with Crippen molar-refractivity contribution in [2.45, 2.75) is 52.1 Å². The molecule has 144 valence electrons. The van der Waals surface area contributed by atoms with Crippen molar-refractivity contribution in [2.75, 3.05) is 19.6 Å². The summed E-state index contributed by atoms with van der Waals surface area (Å²) < 4.78 is 0. The van der Waals surface area contributed by atoms with Crippen LogP contribution in [0.3, 0.4) is 0 Å². The molecule has 3 fully saturated rings. The molecule has 5 rings (SSSR count). The molecule has 0 unspecified atom stereocenters. The van der Waals surface area contributed by atoms with Crippen LogP contribution in [0.4, 0.5) is 0 Å². The van der Waals surface area contributed by atoms with Crippen LogP contribution in [0, 0.1) is 19.8 Å². The predicted octanol–water partition coefficient (Wildman–Crippen LogP) is 3.08. The Kier molecular flexibility index (Phi) is 5.30. The van der Waals surface area contributed by atoms with Gasteiger partial charge in [0, 0.05) is 50.8 Å². The number of rotatable bonds is 5. The molecule has 0 radical (unpaired) electrons. The molecule has 1 N–H and O–H groups in total. The van der Waals surface area contributed by atoms with Gasteiger partial charge in [0.15, 0.2) is 0 Å². The van der Waals surface area contributed by atoms with Gasteiger partial charge < -0.3 is 4.90 Å². The molecule has 1 amide bonds. The largest absolute Gasteiger partial charge is 0.341 e. The summed E-state index contributed by atoms with van der Waals surface area (Å²) in [6.07, 6.45) is 3.74. The van der Waals surface area contributed by atoms with Crippen molar-refractivity contribution in [3.8, 4) is 0 Å². The SMILES string of the molecule is Cc1[nH]nc(CCC(=O)N2C[C@H]3CC[C@@H](C2)N(Cc2ccccc2)C3)c1C. The Balaban J connectivity index is 1.37. The third-order valence-electron chi connectivity index (χ3n) is 6.34. The van der Waals surface area contributed by atoms with Crippen molar-refractivity contribution in [2.24, 2.45) is 5.92 Å². The number of benzene rings is 1. The van der Waals surface area contributed by atoms with Crippen LogP contribution < -0.4 is 0 Å². The van der Waals surface area contributed by atoms with Gasteiger partial charge in [-0.1, -0.05) is 30.3 Å². The lowest BCUT2D eigenvalue weighted by Gasteiger charge is -2.36. The lowest BCUT2D eigenvalue weighted by molar-refractivity contribution is -0.131. The summed E-state index contributed by atoms with van der Waals surface area (Å²) in [5.74, 6) is 0.888. The minimum atomic E-state index is 0.286. The quantitative estimate of drug-likeness (QED) is 0.885. The fraction of sp³-hybridized carbons (Fsp3) is 0.545. The summed E-state index contributed by atoms with van der Waals surface area (Å²) in [6, 6.07) is 11.2. The minimum Gasteiger partial charge on any atom is -0.341 e. The van der Waals surface area contributed by atoms with E-state index in [0.717, 1.165) is 44.0 Å². The first-order chi connectivity index (χ1) is 13.1. The van der Waals surface area contributed by atoms with E-state index in [9.17, 15) is 4.79 Å². The lowest BCUT2D eigenvalue weighted by atomic mass is 9.94. The zero-order valence-corrected chi connectivity index (χ0v) is 16.4. The molecule has 5 heteroatoms. The van der Waals surface area contributed by atoms with Gasteiger partial charge in [-0.3, -0.25) is 14.8 Å². The number of hydrogen-bond donors (Lipinski definition) is 1. The molecule has 0 spiro atoms. The number of H-pyrrole nitrogens is 1. The van der Waals surface area contributed by atoms with Gasteiger partial charge >= 0.3 is 0 Å². The van der Waals surface area contributed by atoms with E-state index in [2.05, 4.69) is 57.3 Å². The second-order valence-corrected chi connectivity index (χ2v) is 8.23. The van der Waals surface area contributed by atoms with Gasteiger partial charge in [-0.25, -0.2) is 0 Å². The van der Waals surface area contributed by atoms with Crippen LogP contribution in [0.1, 0.15) is 41.8 Å². The van der Waals surface area contributed by atoms with E-state index in [1.165, 1.54) is 24.0 Å². The molecule has 0 aliphatic carbocycles. The summed E-state index contributed by atoms with van der Waals surface area (Å²) in [5.41, 5.74) is 4.69. The van der Waals surface area contributed by atoms with Gasteiger partial charge in [-0.05, 0) is 43.7 Å². The number of carbonyl (C=O) groups is 1. The third kappa shape index (κ3) is 4.08. The molecule has 4 heterocycles. The molecule has 1 aromatic heterocycles. The van der Waals surface area contributed by atoms with Gasteiger partial charge in [0.2, 0.25) is 5.91 Å². The monoisotopic (exact) mass is 366 g/mol. The molecule has 1 aromatic carbocycles. The molecule has 5 nitrogen and oxygen atoms in total. The molecule has 2 bridgehead atoms. The van der Waals surface area contributed by atoms with E-state index in [4.69, 9.17) is 0 Å². The van der Waals surface area contributed by atoms with E-state index >= 15 is 0 Å². The fourth-order valence-corrected chi connectivity index (χ4v) is 4.56. The van der Waals surface area contributed by atoms with Crippen molar-refractivity contribution in [1.82, 2.24) is 20.0 Å². The number of nitrogens with zero attached hydrogens (tertiary/aromatic N) is 3. The number of piperidine rings is 1. The first kappa shape index (κ1) is 18.2. The van der Waals surface area contributed by atoms with Gasteiger partial charge in [-0.2, -0.15) is 5.10 Å². The Labute approximate surface area is 161 Å². The van der Waals surface area contributed by atoms with Crippen molar-refractivity contribution >= 4 is 5.91 Å². The Hall–Kier alpha value is -2.14. The molecule has 3 aliphatic rings. The van der Waals surface area contributed by atoms with Gasteiger partial charge in [0.25, 0.3) is 0 Å². The maximum Gasteiger partial charge on any atom is 0.223 e. The average Bonchev–Trinajstić information content (AvgIpc) is 2.85. The van der Waals surface area contributed by atoms with Crippen LogP contribution in [-0.4, -0.2) is 51.6 Å². The number of aryl methyl sites for hydroxylation is 2. The van der Waals surface area contributed by atoms with Crippen LogP contribution in [0.15, 0.2) is 30.3 Å². The summed E-state index contributed by atoms with van der Waals surface area (Å²) in [5, 5.41) is 7.37. The highest BCUT2D eigenvalue weighted by Crippen LogP contribution is 2.29. The number of hydrogen-bond acceptors (Lipinski definition) is 3. The zero-order valence-electron chi connectivity index (χ0n) is 16.4. The standard InChI is InChI=1S/C22H30N4O/c1-16-17(2)23-24-21(16)10-11-22(27)26-14-19-8-9-20(15-26)25(13-19)12-18-6-4-3-5-7-18/h3-7,19-20H,8-15H2,1-2H3,(H,23,24)/t19-,20-/m0/s1. The molecule has 3 aliphatic heterocycles. The molecular formula is C22H30N4O. The highest BCUT2D eigenvalue weighted by atomic mass is 16.2. The topological polar surface area (TPSA) is 52.2 Å². The molecule has 2 atom stereocenters. The van der Waals surface area contributed by atoms with E-state index in [1.807, 2.05) is 6.92 Å². The minimum absolute atomic E-state index is 0.286. The number of aromatic nitrogens is 2. The van der Waals surface area contributed by atoms with Crippen LogP contribution in [0.5, 0.6) is 0 Å². The molecular weight excluding hydrogens is 336 g/mol. The van der Waals surface area contributed by atoms with Gasteiger partial charge in [-0.15, -0.1) is 0 Å². The Bertz CT molecular complexity index is 785. The van der Waals surface area contributed by atoms with Crippen LogP contribution in [0.25, 0.3) is 0 Å². The van der Waals surface area contributed by atoms with Crippen molar-refractivity contribution in [3.63, 3.8) is 0 Å². The predicted molar refractivity (Wildman–Crippen MR) is 106 cm³/mol. The van der Waals surface area contributed by atoms with Crippen LogP contribution in [0.2, 0.25) is 0 Å². The summed E-state index contributed by atoms with van der Waals surface area (Å²) >= 11 is 0. The van der Waals surface area contributed by atoms with Crippen LogP contribution in [-0.2, 0) is 17.8 Å². The summed E-state index contributed by atoms with van der Waals surface area (Å²) in [7, 11) is 0. The maximum atomic E-state index is 12.9. The molecule has 0 saturated carbocycles. The summed E-state index contributed by atoms with van der Waals surface area (Å²) in [6.45, 7) is 8.00. The normalized spacial score (nSPS) is 22.8. The van der Waals surface area contributed by atoms with E-state index in [0.29, 0.717) is 18.4 Å². The summed E-state index contributed by atoms with van der Waals surface area (Å²) in [4.78, 5) is 17.6. The molecule has 3 saturated heterocycles. The van der Waals surface area contributed by atoms with Crippen molar-refractivity contribution in [1.29, 1.82) is 0 Å². The Morgan fingerprint density at radius 2 is 1.96 bits per heavy atom. The number of fused-ring (bicyclic) bond motifs is 4. The fourth-order valence-electron chi connectivity index (χ4n) is 4.56. The lowest BCUT2D eigenvalue weighted by Crippen LogP contribution is -2.43. The highest BCUT2D eigenvalue weighted by molar-refractivity contribution is 5.76. The third-order valence-corrected chi connectivity index (χ3v) is 6.34. The number of carbonyl (C=O) groups excluding carboxylic acids is 1. The van der Waals surface area contributed by atoms with Gasteiger partial charge in [0.05, 0.1) is 5.69 Å². The molecule has 27 heavy (non-hydrogen) atoms. The van der Waals surface area contributed by atoms with Crippen LogP contribution >= 0.6 is 0 Å². The smallest absolute Gasteiger partial charge is 0.223 e. The van der Waals surface area contributed by atoms with E-state index < -0.39 is 0 Å². The zero-order chi connectivity index (χ0) is 18.8. The first-order valence-corrected chi connectivity index (χ1v) is 10.2. The number of aromatic amines is 1. The van der Waals surface area contributed by atoms with Crippen molar-refractivity contribution < 1.29 is 4.79 Å². The Morgan fingerprint density at radius 1 is 1.15 bits per heavy atom. The number of amides is 1. The first-order valence-electron chi connectivity index (χ1n) is 10.2.